The van der Waals surface area contributed by atoms with E-state index in [0.717, 1.165) is 35.0 Å². The molecule has 1 atom stereocenters. The Balaban J connectivity index is 1.14. The van der Waals surface area contributed by atoms with Crippen LogP contribution in [-0.4, -0.2) is 70.2 Å². The van der Waals surface area contributed by atoms with Crippen molar-refractivity contribution in [3.63, 3.8) is 0 Å². The van der Waals surface area contributed by atoms with E-state index in [0.29, 0.717) is 45.8 Å². The van der Waals surface area contributed by atoms with Crippen molar-refractivity contribution in [3.8, 4) is 0 Å². The Morgan fingerprint density at radius 3 is 2.59 bits per heavy atom. The maximum absolute atomic E-state index is 13.9. The summed E-state index contributed by atoms with van der Waals surface area (Å²) in [5, 5.41) is 1.90. The van der Waals surface area contributed by atoms with Crippen molar-refractivity contribution in [1.29, 1.82) is 0 Å². The number of imidazole rings is 1. The first-order chi connectivity index (χ1) is 19.9. The summed E-state index contributed by atoms with van der Waals surface area (Å²) in [6.07, 6.45) is 3.97. The number of aromatic nitrogens is 2. The summed E-state index contributed by atoms with van der Waals surface area (Å²) in [5.41, 5.74) is 4.34. The number of benzene rings is 2. The Morgan fingerprint density at radius 2 is 1.83 bits per heavy atom. The second-order valence-corrected chi connectivity index (χ2v) is 13.2. The Bertz CT molecular complexity index is 1480. The van der Waals surface area contributed by atoms with Gasteiger partial charge < -0.3 is 19.1 Å². The Morgan fingerprint density at radius 1 is 1.10 bits per heavy atom. The number of esters is 1. The molecule has 216 valence electrons. The number of fused-ring (bicyclic) bond motifs is 1. The fraction of sp³-hybridized carbons (Fsp3) is 0.414. The molecule has 1 unspecified atom stereocenters. The lowest BCUT2D eigenvalue weighted by Crippen LogP contribution is -2.52. The van der Waals surface area contributed by atoms with Crippen molar-refractivity contribution in [2.24, 2.45) is 7.05 Å². The second kappa shape index (κ2) is 12.1. The summed E-state index contributed by atoms with van der Waals surface area (Å²) in [4.78, 5) is 36.8. The predicted molar refractivity (Wildman–Crippen MR) is 166 cm³/mol. The number of ether oxygens (including phenoxy) is 1. The van der Waals surface area contributed by atoms with Crippen LogP contribution in [0.15, 0.2) is 47.8 Å². The van der Waals surface area contributed by atoms with Crippen LogP contribution in [0.1, 0.15) is 34.5 Å². The first-order valence-corrected chi connectivity index (χ1v) is 16.4. The van der Waals surface area contributed by atoms with E-state index in [1.807, 2.05) is 23.1 Å². The third-order valence-electron chi connectivity index (χ3n) is 7.84. The number of hydrogen-bond donors (Lipinski definition) is 0. The summed E-state index contributed by atoms with van der Waals surface area (Å²) in [6, 6.07) is 12.5. The van der Waals surface area contributed by atoms with Gasteiger partial charge in [-0.1, -0.05) is 47.1 Å². The molecule has 1 aliphatic carbocycles. The van der Waals surface area contributed by atoms with Crippen LogP contribution in [0.5, 0.6) is 0 Å². The van der Waals surface area contributed by atoms with Crippen LogP contribution < -0.4 is 9.80 Å². The molecular weight excluding hydrogens is 601 g/mol. The molecule has 8 nitrogen and oxygen atoms in total. The second-order valence-electron chi connectivity index (χ2n) is 10.5. The molecule has 3 aromatic rings. The SMILES string of the molecule is COC(=O)c1cnc(SCc2cc(Cl)c(CN3CSCC3C(=O)N3CCN(C4CC4)c4ccccc43)cc2Cl)n1C. The third kappa shape index (κ3) is 5.82. The van der Waals surface area contributed by atoms with Crippen LogP contribution >= 0.6 is 46.7 Å². The van der Waals surface area contributed by atoms with Gasteiger partial charge in [-0.05, 0) is 48.2 Å². The first-order valence-electron chi connectivity index (χ1n) is 13.5. The Labute approximate surface area is 258 Å². The van der Waals surface area contributed by atoms with Gasteiger partial charge in [-0.2, -0.15) is 0 Å². The number of anilines is 2. The van der Waals surface area contributed by atoms with Crippen molar-refractivity contribution in [3.05, 3.63) is 69.5 Å². The van der Waals surface area contributed by atoms with Crippen molar-refractivity contribution in [2.45, 2.75) is 42.4 Å². The number of methoxy groups -OCH3 is 1. The topological polar surface area (TPSA) is 70.9 Å². The van der Waals surface area contributed by atoms with E-state index < -0.39 is 5.97 Å². The van der Waals surface area contributed by atoms with Crippen LogP contribution in [0.3, 0.4) is 0 Å². The Kier molecular flexibility index (Phi) is 8.47. The minimum Gasteiger partial charge on any atom is -0.464 e. The fourth-order valence-electron chi connectivity index (χ4n) is 5.46. The van der Waals surface area contributed by atoms with Crippen LogP contribution in [-0.2, 0) is 28.9 Å². The molecule has 3 heterocycles. The molecule has 0 N–H and O–H groups in total. The molecule has 1 aromatic heterocycles. The van der Waals surface area contributed by atoms with Crippen molar-refractivity contribution in [1.82, 2.24) is 14.5 Å². The zero-order valence-electron chi connectivity index (χ0n) is 22.9. The monoisotopic (exact) mass is 631 g/mol. The molecule has 12 heteroatoms. The van der Waals surface area contributed by atoms with Gasteiger partial charge in [0.25, 0.3) is 0 Å². The highest BCUT2D eigenvalue weighted by atomic mass is 35.5. The smallest absolute Gasteiger partial charge is 0.356 e. The van der Waals surface area contributed by atoms with E-state index in [1.165, 1.54) is 43.6 Å². The van der Waals surface area contributed by atoms with Gasteiger partial charge in [0.2, 0.25) is 5.91 Å². The number of carbonyl (C=O) groups excluding carboxylic acids is 2. The molecule has 2 fully saturated rings. The number of rotatable bonds is 8. The first kappa shape index (κ1) is 28.7. The number of thioether (sulfide) groups is 2. The van der Waals surface area contributed by atoms with E-state index in [2.05, 4.69) is 33.0 Å². The summed E-state index contributed by atoms with van der Waals surface area (Å²) < 4.78 is 6.51. The summed E-state index contributed by atoms with van der Waals surface area (Å²) >= 11 is 16.7. The highest BCUT2D eigenvalue weighted by Gasteiger charge is 2.40. The highest BCUT2D eigenvalue weighted by Crippen LogP contribution is 2.41. The molecular formula is C29H31Cl2N5O3S2. The van der Waals surface area contributed by atoms with Gasteiger partial charge in [0.1, 0.15) is 5.69 Å². The minimum absolute atomic E-state index is 0.148. The Hall–Kier alpha value is -2.37. The zero-order valence-corrected chi connectivity index (χ0v) is 26.0. The molecule has 1 amide bonds. The highest BCUT2D eigenvalue weighted by molar-refractivity contribution is 7.99. The molecule has 1 saturated heterocycles. The van der Waals surface area contributed by atoms with Crippen molar-refractivity contribution in [2.75, 3.05) is 41.6 Å². The molecule has 0 spiro atoms. The predicted octanol–water partition coefficient (Wildman–Crippen LogP) is 5.70. The van der Waals surface area contributed by atoms with E-state index in [-0.39, 0.29) is 11.9 Å². The molecule has 6 rings (SSSR count). The van der Waals surface area contributed by atoms with Gasteiger partial charge in [-0.3, -0.25) is 9.69 Å². The van der Waals surface area contributed by atoms with Gasteiger partial charge in [-0.25, -0.2) is 9.78 Å². The third-order valence-corrected chi connectivity index (χ3v) is 10.7. The largest absolute Gasteiger partial charge is 0.464 e. The van der Waals surface area contributed by atoms with Gasteiger partial charge in [-0.15, -0.1) is 11.8 Å². The number of carbonyl (C=O) groups is 2. The maximum Gasteiger partial charge on any atom is 0.356 e. The lowest BCUT2D eigenvalue weighted by Gasteiger charge is -2.39. The molecule has 0 bridgehead atoms. The van der Waals surface area contributed by atoms with Crippen LogP contribution in [0, 0.1) is 0 Å². The lowest BCUT2D eigenvalue weighted by atomic mass is 10.1. The van der Waals surface area contributed by atoms with Gasteiger partial charge in [0.15, 0.2) is 5.16 Å². The van der Waals surface area contributed by atoms with Crippen molar-refractivity contribution < 1.29 is 14.3 Å². The molecule has 2 aliphatic heterocycles. The zero-order chi connectivity index (χ0) is 28.7. The van der Waals surface area contributed by atoms with Gasteiger partial charge in [0, 0.05) is 60.2 Å². The quantitative estimate of drug-likeness (QED) is 0.232. The maximum atomic E-state index is 13.9. The van der Waals surface area contributed by atoms with E-state index >= 15 is 0 Å². The number of nitrogens with zero attached hydrogens (tertiary/aromatic N) is 5. The van der Waals surface area contributed by atoms with Gasteiger partial charge in [0.05, 0.1) is 30.7 Å². The number of amides is 1. The lowest BCUT2D eigenvalue weighted by molar-refractivity contribution is -0.122. The van der Waals surface area contributed by atoms with Gasteiger partial charge >= 0.3 is 5.97 Å². The van der Waals surface area contributed by atoms with Crippen molar-refractivity contribution >= 4 is 70.0 Å². The van der Waals surface area contributed by atoms with Crippen LogP contribution in [0.25, 0.3) is 0 Å². The van der Waals surface area contributed by atoms with Crippen LogP contribution in [0.2, 0.25) is 10.0 Å². The number of halogens is 2. The normalized spacial score (nSPS) is 19.0. The van der Waals surface area contributed by atoms with E-state index in [4.69, 9.17) is 27.9 Å². The molecule has 0 radical (unpaired) electrons. The molecule has 41 heavy (non-hydrogen) atoms. The molecule has 1 saturated carbocycles. The summed E-state index contributed by atoms with van der Waals surface area (Å²) in [7, 11) is 3.12. The minimum atomic E-state index is -0.432. The van der Waals surface area contributed by atoms with E-state index in [1.54, 1.807) is 23.4 Å². The average Bonchev–Trinajstić information content (AvgIpc) is 3.61. The number of hydrogen-bond acceptors (Lipinski definition) is 8. The summed E-state index contributed by atoms with van der Waals surface area (Å²) in [6.45, 7) is 2.12. The average molecular weight is 633 g/mol. The number of para-hydroxylation sites is 2. The van der Waals surface area contributed by atoms with E-state index in [9.17, 15) is 9.59 Å². The van der Waals surface area contributed by atoms with Crippen LogP contribution in [0.4, 0.5) is 11.4 Å². The fourth-order valence-corrected chi connectivity index (χ4v) is 8.17. The molecule has 3 aliphatic rings. The summed E-state index contributed by atoms with van der Waals surface area (Å²) in [5.74, 6) is 1.76. The molecule has 2 aromatic carbocycles. The standard InChI is InChI=1S/C29H31Cl2N5O3S2/c1-33-25(28(38)39-2)13-32-29(33)41-15-19-12-21(30)18(11-22(19)31)14-34-17-40-16-26(34)27(37)36-10-9-35(20-7-8-20)23-5-3-4-6-24(23)36/h3-6,11-13,20,26H,7-10,14-17H2,1-2H3.